The molecule has 0 radical (unpaired) electrons. The number of benzene rings is 2. The van der Waals surface area contributed by atoms with Crippen molar-refractivity contribution in [3.63, 3.8) is 0 Å². The van der Waals surface area contributed by atoms with Crippen LogP contribution in [0.25, 0.3) is 0 Å². The van der Waals surface area contributed by atoms with Crippen LogP contribution in [0.3, 0.4) is 0 Å². The summed E-state index contributed by atoms with van der Waals surface area (Å²) in [5.74, 6) is -2.68. The fourth-order valence-corrected chi connectivity index (χ4v) is 2.41. The van der Waals surface area contributed by atoms with Crippen LogP contribution in [0.1, 0.15) is 40.0 Å². The first-order valence-corrected chi connectivity index (χ1v) is 8.45. The van der Waals surface area contributed by atoms with Crippen LogP contribution >= 0.6 is 0 Å². The topological polar surface area (TPSA) is 113 Å². The fraction of sp³-hybridized carbons (Fsp3) is 0.200. The van der Waals surface area contributed by atoms with Gasteiger partial charge in [-0.2, -0.15) is 0 Å². The Kier molecular flexibility index (Phi) is 7.25. The zero-order valence-electron chi connectivity index (χ0n) is 14.6. The molecule has 0 saturated carbocycles. The molecule has 0 aromatic heterocycles. The Balaban J connectivity index is 1.80. The monoisotopic (exact) mass is 368 g/mol. The first-order chi connectivity index (χ1) is 13.0. The SMILES string of the molecule is O=C(CCCC(NC(=O)c1ccccc1)C(=O)O)NC(=O)c1ccccc1. The minimum atomic E-state index is -1.18. The van der Waals surface area contributed by atoms with E-state index in [0.29, 0.717) is 11.1 Å². The van der Waals surface area contributed by atoms with Gasteiger partial charge < -0.3 is 10.4 Å². The molecule has 0 aliphatic heterocycles. The second kappa shape index (κ2) is 9.86. The smallest absolute Gasteiger partial charge is 0.326 e. The first-order valence-electron chi connectivity index (χ1n) is 8.45. The summed E-state index contributed by atoms with van der Waals surface area (Å²) in [7, 11) is 0. The lowest BCUT2D eigenvalue weighted by molar-refractivity contribution is -0.139. The van der Waals surface area contributed by atoms with Crippen LogP contribution in [-0.4, -0.2) is 34.8 Å². The van der Waals surface area contributed by atoms with Crippen molar-refractivity contribution in [2.75, 3.05) is 0 Å². The van der Waals surface area contributed by atoms with Crippen LogP contribution in [0.15, 0.2) is 60.7 Å². The molecular formula is C20H20N2O5. The summed E-state index contributed by atoms with van der Waals surface area (Å²) in [5.41, 5.74) is 0.722. The number of imide groups is 1. The molecule has 0 saturated heterocycles. The largest absolute Gasteiger partial charge is 0.480 e. The predicted octanol–water partition coefficient (Wildman–Crippen LogP) is 2.00. The van der Waals surface area contributed by atoms with Crippen LogP contribution in [0.2, 0.25) is 0 Å². The van der Waals surface area contributed by atoms with Gasteiger partial charge in [-0.15, -0.1) is 0 Å². The van der Waals surface area contributed by atoms with Crippen molar-refractivity contribution in [1.82, 2.24) is 10.6 Å². The van der Waals surface area contributed by atoms with Crippen LogP contribution in [0.5, 0.6) is 0 Å². The molecule has 2 aromatic carbocycles. The lowest BCUT2D eigenvalue weighted by Crippen LogP contribution is -2.41. The lowest BCUT2D eigenvalue weighted by atomic mass is 10.1. The Hall–Kier alpha value is -3.48. The summed E-state index contributed by atoms with van der Waals surface area (Å²) in [5, 5.41) is 13.9. The lowest BCUT2D eigenvalue weighted by Gasteiger charge is -2.14. The average Bonchev–Trinajstić information content (AvgIpc) is 2.68. The predicted molar refractivity (Wildman–Crippen MR) is 98.1 cm³/mol. The van der Waals surface area contributed by atoms with E-state index < -0.39 is 29.7 Å². The standard InChI is InChI=1S/C20H20N2O5/c23-17(22-19(25)15-10-5-2-6-11-15)13-7-12-16(20(26)27)21-18(24)14-8-3-1-4-9-14/h1-6,8-11,16H,7,12-13H2,(H,21,24)(H,26,27)(H,22,23,25). The molecule has 3 N–H and O–H groups in total. The Morgan fingerprint density at radius 3 is 1.85 bits per heavy atom. The molecule has 0 fully saturated rings. The molecule has 0 heterocycles. The van der Waals surface area contributed by atoms with Gasteiger partial charge >= 0.3 is 5.97 Å². The van der Waals surface area contributed by atoms with E-state index >= 15 is 0 Å². The number of carbonyl (C=O) groups excluding carboxylic acids is 3. The van der Waals surface area contributed by atoms with Crippen molar-refractivity contribution < 1.29 is 24.3 Å². The van der Waals surface area contributed by atoms with Crippen molar-refractivity contribution in [2.45, 2.75) is 25.3 Å². The molecule has 2 aromatic rings. The van der Waals surface area contributed by atoms with Crippen LogP contribution in [-0.2, 0) is 9.59 Å². The van der Waals surface area contributed by atoms with E-state index in [0.717, 1.165) is 0 Å². The van der Waals surface area contributed by atoms with Gasteiger partial charge in [-0.05, 0) is 37.1 Å². The van der Waals surface area contributed by atoms with E-state index in [1.807, 2.05) is 0 Å². The van der Waals surface area contributed by atoms with Gasteiger partial charge in [0, 0.05) is 17.5 Å². The maximum Gasteiger partial charge on any atom is 0.326 e. The van der Waals surface area contributed by atoms with Gasteiger partial charge in [0.25, 0.3) is 11.8 Å². The molecule has 3 amide bonds. The number of nitrogens with one attached hydrogen (secondary N) is 2. The second-order valence-electron chi connectivity index (χ2n) is 5.87. The van der Waals surface area contributed by atoms with E-state index in [-0.39, 0.29) is 19.3 Å². The molecule has 0 aliphatic carbocycles. The molecular weight excluding hydrogens is 348 g/mol. The van der Waals surface area contributed by atoms with Gasteiger partial charge in [-0.25, -0.2) is 4.79 Å². The van der Waals surface area contributed by atoms with Crippen LogP contribution < -0.4 is 10.6 Å². The highest BCUT2D eigenvalue weighted by Gasteiger charge is 2.21. The molecule has 27 heavy (non-hydrogen) atoms. The minimum absolute atomic E-state index is 0.0242. The number of amides is 3. The van der Waals surface area contributed by atoms with Crippen molar-refractivity contribution in [1.29, 1.82) is 0 Å². The average molecular weight is 368 g/mol. The molecule has 0 spiro atoms. The molecule has 2 rings (SSSR count). The van der Waals surface area contributed by atoms with E-state index in [1.165, 1.54) is 0 Å². The summed E-state index contributed by atoms with van der Waals surface area (Å²) in [6, 6.07) is 15.5. The second-order valence-corrected chi connectivity index (χ2v) is 5.87. The van der Waals surface area contributed by atoms with Crippen LogP contribution in [0.4, 0.5) is 0 Å². The third-order valence-electron chi connectivity index (χ3n) is 3.82. The van der Waals surface area contributed by atoms with Gasteiger partial charge in [0.1, 0.15) is 6.04 Å². The van der Waals surface area contributed by atoms with Gasteiger partial charge in [0.2, 0.25) is 5.91 Å². The van der Waals surface area contributed by atoms with E-state index in [2.05, 4.69) is 10.6 Å². The molecule has 140 valence electrons. The summed E-state index contributed by atoms with van der Waals surface area (Å²) < 4.78 is 0. The molecule has 7 heteroatoms. The Morgan fingerprint density at radius 1 is 0.815 bits per heavy atom. The van der Waals surface area contributed by atoms with Gasteiger partial charge in [0.15, 0.2) is 0 Å². The van der Waals surface area contributed by atoms with E-state index in [4.69, 9.17) is 0 Å². The maximum atomic E-state index is 12.1. The molecule has 1 unspecified atom stereocenters. The number of rotatable bonds is 8. The van der Waals surface area contributed by atoms with Gasteiger partial charge in [-0.1, -0.05) is 36.4 Å². The van der Waals surface area contributed by atoms with Gasteiger partial charge in [-0.3, -0.25) is 19.7 Å². The zero-order valence-corrected chi connectivity index (χ0v) is 14.6. The quantitative estimate of drug-likeness (QED) is 0.660. The Bertz CT molecular complexity index is 806. The summed E-state index contributed by atoms with van der Waals surface area (Å²) in [4.78, 5) is 47.1. The third-order valence-corrected chi connectivity index (χ3v) is 3.82. The van der Waals surface area contributed by atoms with Gasteiger partial charge in [0.05, 0.1) is 0 Å². The molecule has 0 bridgehead atoms. The Morgan fingerprint density at radius 2 is 1.33 bits per heavy atom. The first kappa shape index (κ1) is 19.8. The summed E-state index contributed by atoms with van der Waals surface area (Å²) in [6.07, 6.45) is 0.254. The number of hydrogen-bond acceptors (Lipinski definition) is 4. The Labute approximate surface area is 156 Å². The molecule has 1 atom stereocenters. The van der Waals surface area contributed by atoms with Crippen molar-refractivity contribution in [2.24, 2.45) is 0 Å². The van der Waals surface area contributed by atoms with Crippen molar-refractivity contribution in [3.05, 3.63) is 71.8 Å². The van der Waals surface area contributed by atoms with E-state index in [9.17, 15) is 24.3 Å². The highest BCUT2D eigenvalue weighted by molar-refractivity contribution is 6.04. The maximum absolute atomic E-state index is 12.1. The zero-order chi connectivity index (χ0) is 19.6. The third kappa shape index (κ3) is 6.39. The number of carboxylic acid groups (broad SMARTS) is 1. The minimum Gasteiger partial charge on any atom is -0.480 e. The summed E-state index contributed by atoms with van der Waals surface area (Å²) in [6.45, 7) is 0. The number of aliphatic carboxylic acids is 1. The highest BCUT2D eigenvalue weighted by atomic mass is 16.4. The highest BCUT2D eigenvalue weighted by Crippen LogP contribution is 2.05. The van der Waals surface area contributed by atoms with Crippen LogP contribution in [0, 0.1) is 0 Å². The number of carboxylic acids is 1. The van der Waals surface area contributed by atoms with E-state index in [1.54, 1.807) is 60.7 Å². The number of hydrogen-bond donors (Lipinski definition) is 3. The fourth-order valence-electron chi connectivity index (χ4n) is 2.41. The number of carbonyl (C=O) groups is 4. The molecule has 0 aliphatic rings. The molecule has 7 nitrogen and oxygen atoms in total. The van der Waals surface area contributed by atoms with Crippen molar-refractivity contribution >= 4 is 23.7 Å². The summed E-state index contributed by atoms with van der Waals surface area (Å²) >= 11 is 0. The van der Waals surface area contributed by atoms with Crippen molar-refractivity contribution in [3.8, 4) is 0 Å². The normalized spacial score (nSPS) is 11.3.